The van der Waals surface area contributed by atoms with E-state index in [1.54, 1.807) is 12.1 Å². The van der Waals surface area contributed by atoms with Gasteiger partial charge in [-0.3, -0.25) is 4.79 Å². The number of carbonyl (C=O) groups excluding carboxylic acids is 1. The molecule has 0 aliphatic rings. The van der Waals surface area contributed by atoms with E-state index in [9.17, 15) is 13.2 Å². The minimum absolute atomic E-state index is 0.102. The Kier molecular flexibility index (Phi) is 6.40. The molecule has 0 atom stereocenters. The van der Waals surface area contributed by atoms with E-state index in [1.165, 1.54) is 51.6 Å². The van der Waals surface area contributed by atoms with Gasteiger partial charge in [-0.25, -0.2) is 4.83 Å². The predicted octanol–water partition coefficient (Wildman–Crippen LogP) is 2.25. The van der Waals surface area contributed by atoms with E-state index >= 15 is 0 Å². The number of sulfonamides is 1. The molecule has 0 amide bonds. The fourth-order valence-corrected chi connectivity index (χ4v) is 2.95. The molecule has 2 rings (SSSR count). The van der Waals surface area contributed by atoms with Gasteiger partial charge in [-0.1, -0.05) is 17.7 Å². The Morgan fingerprint density at radius 3 is 2.11 bits per heavy atom. The van der Waals surface area contributed by atoms with Crippen molar-refractivity contribution in [2.45, 2.75) is 18.7 Å². The summed E-state index contributed by atoms with van der Waals surface area (Å²) in [5, 5.41) is 3.77. The Bertz CT molecular complexity index is 927. The number of hydrogen-bond donors (Lipinski definition) is 1. The zero-order valence-corrected chi connectivity index (χ0v) is 16.2. The van der Waals surface area contributed by atoms with Gasteiger partial charge < -0.3 is 14.2 Å². The molecule has 0 saturated heterocycles. The minimum Gasteiger partial charge on any atom is -0.493 e. The summed E-state index contributed by atoms with van der Waals surface area (Å²) in [5.41, 5.74) is 1.43. The second-order valence-electron chi connectivity index (χ2n) is 5.51. The van der Waals surface area contributed by atoms with Crippen LogP contribution in [0.1, 0.15) is 18.1 Å². The third-order valence-electron chi connectivity index (χ3n) is 3.45. The summed E-state index contributed by atoms with van der Waals surface area (Å²) in [5.74, 6) is 0.0866. The number of esters is 1. The number of nitrogens with one attached hydrogen (secondary N) is 1. The lowest BCUT2D eigenvalue weighted by Gasteiger charge is -2.13. The van der Waals surface area contributed by atoms with Crippen LogP contribution in [0.2, 0.25) is 0 Å². The monoisotopic (exact) mass is 392 g/mol. The van der Waals surface area contributed by atoms with Crippen molar-refractivity contribution in [3.8, 4) is 17.2 Å². The van der Waals surface area contributed by atoms with Gasteiger partial charge in [0.2, 0.25) is 5.75 Å². The van der Waals surface area contributed by atoms with E-state index in [0.29, 0.717) is 5.56 Å². The normalized spacial score (nSPS) is 11.3. The Hall–Kier alpha value is -3.07. The first kappa shape index (κ1) is 20.2. The summed E-state index contributed by atoms with van der Waals surface area (Å²) >= 11 is 0. The van der Waals surface area contributed by atoms with Gasteiger partial charge in [0.05, 0.1) is 25.3 Å². The van der Waals surface area contributed by atoms with Crippen LogP contribution in [0.5, 0.6) is 17.2 Å². The number of hydrazone groups is 1. The van der Waals surface area contributed by atoms with Crippen molar-refractivity contribution in [2.75, 3.05) is 14.2 Å². The van der Waals surface area contributed by atoms with Gasteiger partial charge in [0, 0.05) is 12.5 Å². The van der Waals surface area contributed by atoms with E-state index in [4.69, 9.17) is 14.2 Å². The predicted molar refractivity (Wildman–Crippen MR) is 99.9 cm³/mol. The number of rotatable bonds is 7. The topological polar surface area (TPSA) is 103 Å². The van der Waals surface area contributed by atoms with Crippen LogP contribution in [0.4, 0.5) is 0 Å². The van der Waals surface area contributed by atoms with Crippen LogP contribution in [0.25, 0.3) is 0 Å². The van der Waals surface area contributed by atoms with Crippen molar-refractivity contribution in [1.82, 2.24) is 4.83 Å². The molecular weight excluding hydrogens is 372 g/mol. The third kappa shape index (κ3) is 5.20. The Labute approximate surface area is 157 Å². The summed E-state index contributed by atoms with van der Waals surface area (Å²) in [7, 11) is -0.971. The lowest BCUT2D eigenvalue weighted by atomic mass is 10.2. The van der Waals surface area contributed by atoms with E-state index in [0.717, 1.165) is 5.56 Å². The van der Waals surface area contributed by atoms with Crippen LogP contribution in [-0.2, 0) is 14.8 Å². The molecule has 0 spiro atoms. The molecule has 8 nitrogen and oxygen atoms in total. The Balaban J connectivity index is 2.26. The van der Waals surface area contributed by atoms with E-state index in [-0.39, 0.29) is 22.1 Å². The van der Waals surface area contributed by atoms with Crippen LogP contribution in [-0.4, -0.2) is 34.8 Å². The quantitative estimate of drug-likeness (QED) is 0.335. The SMILES string of the molecule is COc1cc(/C=N\NS(=O)(=O)c2ccc(C)cc2)cc(OC)c1OC(C)=O. The molecule has 0 unspecified atom stereocenters. The number of carbonyl (C=O) groups is 1. The van der Waals surface area contributed by atoms with Crippen LogP contribution < -0.4 is 19.0 Å². The van der Waals surface area contributed by atoms with E-state index < -0.39 is 16.0 Å². The van der Waals surface area contributed by atoms with Crippen molar-refractivity contribution < 1.29 is 27.4 Å². The molecule has 9 heteroatoms. The smallest absolute Gasteiger partial charge is 0.308 e. The summed E-state index contributed by atoms with van der Waals surface area (Å²) in [6.07, 6.45) is 1.29. The standard InChI is InChI=1S/C18H20N2O6S/c1-12-5-7-15(8-6-12)27(22,23)20-19-11-14-9-16(24-3)18(26-13(2)21)17(10-14)25-4/h5-11,20H,1-4H3/b19-11-. The number of nitrogens with zero attached hydrogens (tertiary/aromatic N) is 1. The molecule has 27 heavy (non-hydrogen) atoms. The second kappa shape index (κ2) is 8.54. The molecule has 2 aromatic carbocycles. The highest BCUT2D eigenvalue weighted by Gasteiger charge is 2.16. The van der Waals surface area contributed by atoms with Crippen LogP contribution in [0.3, 0.4) is 0 Å². The minimum atomic E-state index is -3.78. The van der Waals surface area contributed by atoms with Gasteiger partial charge in [-0.05, 0) is 31.2 Å². The van der Waals surface area contributed by atoms with Gasteiger partial charge in [-0.15, -0.1) is 0 Å². The first-order valence-electron chi connectivity index (χ1n) is 7.83. The van der Waals surface area contributed by atoms with Crippen molar-refractivity contribution in [1.29, 1.82) is 0 Å². The van der Waals surface area contributed by atoms with Gasteiger partial charge in [-0.2, -0.15) is 13.5 Å². The molecule has 0 fully saturated rings. The van der Waals surface area contributed by atoms with Gasteiger partial charge in [0.15, 0.2) is 11.5 Å². The Morgan fingerprint density at radius 1 is 1.07 bits per heavy atom. The second-order valence-corrected chi connectivity index (χ2v) is 7.18. The van der Waals surface area contributed by atoms with Crippen molar-refractivity contribution in [3.63, 3.8) is 0 Å². The first-order valence-corrected chi connectivity index (χ1v) is 9.31. The number of benzene rings is 2. The molecule has 0 bridgehead atoms. The molecule has 0 heterocycles. The first-order chi connectivity index (χ1) is 12.8. The summed E-state index contributed by atoms with van der Waals surface area (Å²) in [6, 6.07) is 9.44. The maximum absolute atomic E-state index is 12.2. The molecule has 2 aromatic rings. The fraction of sp³-hybridized carbons (Fsp3) is 0.222. The summed E-state index contributed by atoms with van der Waals surface area (Å²) in [6.45, 7) is 3.12. The lowest BCUT2D eigenvalue weighted by Crippen LogP contribution is -2.18. The highest BCUT2D eigenvalue weighted by atomic mass is 32.2. The third-order valence-corrected chi connectivity index (χ3v) is 4.69. The number of ether oxygens (including phenoxy) is 3. The zero-order valence-electron chi connectivity index (χ0n) is 15.3. The van der Waals surface area contributed by atoms with Crippen LogP contribution in [0.15, 0.2) is 46.4 Å². The molecule has 0 radical (unpaired) electrons. The largest absolute Gasteiger partial charge is 0.493 e. The number of hydrogen-bond acceptors (Lipinski definition) is 7. The zero-order chi connectivity index (χ0) is 20.0. The lowest BCUT2D eigenvalue weighted by molar-refractivity contribution is -0.132. The highest BCUT2D eigenvalue weighted by molar-refractivity contribution is 7.89. The van der Waals surface area contributed by atoms with Crippen LogP contribution >= 0.6 is 0 Å². The maximum Gasteiger partial charge on any atom is 0.308 e. The van der Waals surface area contributed by atoms with Crippen molar-refractivity contribution in [2.24, 2.45) is 5.10 Å². The fourth-order valence-electron chi connectivity index (χ4n) is 2.16. The van der Waals surface area contributed by atoms with Gasteiger partial charge >= 0.3 is 5.97 Å². The molecule has 1 N–H and O–H groups in total. The average molecular weight is 392 g/mol. The molecule has 0 saturated carbocycles. The molecule has 0 aliphatic heterocycles. The average Bonchev–Trinajstić information content (AvgIpc) is 2.62. The number of methoxy groups -OCH3 is 2. The van der Waals surface area contributed by atoms with Crippen LogP contribution in [0, 0.1) is 6.92 Å². The molecule has 144 valence electrons. The van der Waals surface area contributed by atoms with Crippen molar-refractivity contribution >= 4 is 22.2 Å². The number of aryl methyl sites for hydroxylation is 1. The summed E-state index contributed by atoms with van der Waals surface area (Å²) < 4.78 is 39.9. The Morgan fingerprint density at radius 2 is 1.63 bits per heavy atom. The van der Waals surface area contributed by atoms with Gasteiger partial charge in [0.25, 0.3) is 10.0 Å². The maximum atomic E-state index is 12.2. The van der Waals surface area contributed by atoms with E-state index in [2.05, 4.69) is 9.93 Å². The summed E-state index contributed by atoms with van der Waals surface area (Å²) in [4.78, 5) is 13.5. The van der Waals surface area contributed by atoms with Gasteiger partial charge in [0.1, 0.15) is 0 Å². The molecule has 0 aromatic heterocycles. The van der Waals surface area contributed by atoms with E-state index in [1.807, 2.05) is 6.92 Å². The highest BCUT2D eigenvalue weighted by Crippen LogP contribution is 2.38. The van der Waals surface area contributed by atoms with Crippen molar-refractivity contribution in [3.05, 3.63) is 47.5 Å². The molecular formula is C18H20N2O6S. The molecule has 0 aliphatic carbocycles.